The van der Waals surface area contributed by atoms with Crippen molar-refractivity contribution in [3.8, 4) is 22.3 Å². The predicted molar refractivity (Wildman–Crippen MR) is 220 cm³/mol. The van der Waals surface area contributed by atoms with E-state index in [9.17, 15) is 0 Å². The van der Waals surface area contributed by atoms with Gasteiger partial charge in [-0.3, -0.25) is 0 Å². The van der Waals surface area contributed by atoms with Gasteiger partial charge in [-0.15, -0.1) is 0 Å². The minimum absolute atomic E-state index is 0.305. The van der Waals surface area contributed by atoms with Gasteiger partial charge in [0.2, 0.25) is 0 Å². The van der Waals surface area contributed by atoms with E-state index >= 15 is 0 Å². The Bertz CT molecular complexity index is 3080. The second-order valence-electron chi connectivity index (χ2n) is 13.7. The first-order chi connectivity index (χ1) is 26.3. The van der Waals surface area contributed by atoms with Crippen LogP contribution >= 0.6 is 0 Å². The second kappa shape index (κ2) is 11.8. The number of furan rings is 1. The molecule has 4 heteroatoms. The summed E-state index contributed by atoms with van der Waals surface area (Å²) in [4.78, 5) is 10.2. The summed E-state index contributed by atoms with van der Waals surface area (Å²) in [5.41, 5.74) is 9.64. The molecule has 0 aliphatic carbocycles. The van der Waals surface area contributed by atoms with E-state index in [2.05, 4.69) is 163 Å². The quantitative estimate of drug-likeness (QED) is 0.184. The standard InChI is InChI=1S/C49H31N3O/c1-2-12-32(13-3-1)47-50-48(52-49(51-47)35-26-21-30-11-4-5-14-34(30)29-35)33-24-22-31(23-25-33)36-15-6-7-16-37(36)41-27-28-43-46-44(41)39-18-9-8-17-38(39)40-19-10-20-42(53-43)45(40)46/h1-29,48H,(H,50,51,52). The fourth-order valence-corrected chi connectivity index (χ4v) is 8.21. The lowest BCUT2D eigenvalue weighted by Gasteiger charge is -2.24. The Kier molecular flexibility index (Phi) is 6.58. The molecule has 1 aromatic heterocycles. The maximum absolute atomic E-state index is 6.43. The molecule has 1 unspecified atom stereocenters. The van der Waals surface area contributed by atoms with Gasteiger partial charge < -0.3 is 9.73 Å². The molecule has 0 fully saturated rings. The van der Waals surface area contributed by atoms with Crippen molar-refractivity contribution >= 4 is 65.9 Å². The normalized spacial score (nSPS) is 14.6. The molecule has 1 aliphatic rings. The lowest BCUT2D eigenvalue weighted by atomic mass is 9.87. The predicted octanol–water partition coefficient (Wildman–Crippen LogP) is 12.3. The van der Waals surface area contributed by atoms with Crippen molar-refractivity contribution in [2.75, 3.05) is 0 Å². The zero-order valence-corrected chi connectivity index (χ0v) is 28.6. The Morgan fingerprint density at radius 2 is 1.11 bits per heavy atom. The zero-order chi connectivity index (χ0) is 34.9. The van der Waals surface area contributed by atoms with Crippen LogP contribution in [0.25, 0.3) is 76.5 Å². The number of nitrogens with one attached hydrogen (secondary N) is 1. The van der Waals surface area contributed by atoms with Crippen molar-refractivity contribution in [3.63, 3.8) is 0 Å². The van der Waals surface area contributed by atoms with Gasteiger partial charge in [0, 0.05) is 27.3 Å². The third kappa shape index (κ3) is 4.77. The summed E-state index contributed by atoms with van der Waals surface area (Å²) in [7, 11) is 0. The molecule has 0 saturated carbocycles. The molecule has 0 bridgehead atoms. The van der Waals surface area contributed by atoms with Crippen LogP contribution in [0.2, 0.25) is 0 Å². The lowest BCUT2D eigenvalue weighted by molar-refractivity contribution is 0.669. The molecule has 0 radical (unpaired) electrons. The number of rotatable bonds is 5. The van der Waals surface area contributed by atoms with Crippen LogP contribution in [0.4, 0.5) is 0 Å². The topological polar surface area (TPSA) is 49.9 Å². The Balaban J connectivity index is 1.01. The van der Waals surface area contributed by atoms with E-state index < -0.39 is 0 Å². The summed E-state index contributed by atoms with van der Waals surface area (Å²) >= 11 is 0. The number of aliphatic imine (C=N–C) groups is 2. The number of nitrogens with zero attached hydrogens (tertiary/aromatic N) is 2. The van der Waals surface area contributed by atoms with E-state index in [-0.39, 0.29) is 6.17 Å². The van der Waals surface area contributed by atoms with Crippen LogP contribution in [0.5, 0.6) is 0 Å². The fourth-order valence-electron chi connectivity index (χ4n) is 8.21. The first-order valence-electron chi connectivity index (χ1n) is 18.0. The van der Waals surface area contributed by atoms with Gasteiger partial charge in [-0.25, -0.2) is 9.98 Å². The summed E-state index contributed by atoms with van der Waals surface area (Å²) in [5, 5.41) is 13.4. The first kappa shape index (κ1) is 29.7. The molecule has 2 heterocycles. The van der Waals surface area contributed by atoms with Crippen molar-refractivity contribution in [2.45, 2.75) is 6.17 Å². The average Bonchev–Trinajstić information content (AvgIpc) is 3.63. The van der Waals surface area contributed by atoms with E-state index in [1.54, 1.807) is 0 Å². The van der Waals surface area contributed by atoms with Crippen molar-refractivity contribution in [2.24, 2.45) is 9.98 Å². The van der Waals surface area contributed by atoms with Gasteiger partial charge in [0.25, 0.3) is 0 Å². The molecule has 0 spiro atoms. The van der Waals surface area contributed by atoms with Crippen LogP contribution < -0.4 is 5.32 Å². The van der Waals surface area contributed by atoms with Crippen LogP contribution in [0, 0.1) is 0 Å². The van der Waals surface area contributed by atoms with E-state index in [1.807, 2.05) is 18.2 Å². The Morgan fingerprint density at radius 1 is 0.434 bits per heavy atom. The number of benzene rings is 9. The lowest BCUT2D eigenvalue weighted by Crippen LogP contribution is -2.33. The molecule has 1 atom stereocenters. The van der Waals surface area contributed by atoms with Gasteiger partial charge in [-0.2, -0.15) is 0 Å². The van der Waals surface area contributed by atoms with Crippen LogP contribution in [0.1, 0.15) is 22.9 Å². The highest BCUT2D eigenvalue weighted by Gasteiger charge is 2.23. The van der Waals surface area contributed by atoms with Crippen molar-refractivity contribution in [1.29, 1.82) is 0 Å². The molecule has 1 N–H and O–H groups in total. The summed E-state index contributed by atoms with van der Waals surface area (Å²) < 4.78 is 6.43. The van der Waals surface area contributed by atoms with E-state index in [4.69, 9.17) is 14.4 Å². The van der Waals surface area contributed by atoms with E-state index in [0.29, 0.717) is 5.84 Å². The fraction of sp³-hybridized carbons (Fsp3) is 0.0204. The third-order valence-corrected chi connectivity index (χ3v) is 10.7. The molecule has 9 aromatic carbocycles. The molecule has 0 amide bonds. The molecule has 248 valence electrons. The highest BCUT2D eigenvalue weighted by Crippen LogP contribution is 2.47. The molecule has 53 heavy (non-hydrogen) atoms. The van der Waals surface area contributed by atoms with Gasteiger partial charge in [-0.05, 0) is 79.0 Å². The van der Waals surface area contributed by atoms with E-state index in [0.717, 1.165) is 39.3 Å². The Morgan fingerprint density at radius 3 is 1.98 bits per heavy atom. The largest absolute Gasteiger partial charge is 0.456 e. The summed E-state index contributed by atoms with van der Waals surface area (Å²) in [6, 6.07) is 62.2. The van der Waals surface area contributed by atoms with Crippen molar-refractivity contribution in [1.82, 2.24) is 5.32 Å². The van der Waals surface area contributed by atoms with Crippen LogP contribution in [0.3, 0.4) is 0 Å². The summed E-state index contributed by atoms with van der Waals surface area (Å²) in [6.45, 7) is 0. The smallest absolute Gasteiger partial charge is 0.159 e. The summed E-state index contributed by atoms with van der Waals surface area (Å²) in [5.74, 6) is 1.52. The molecule has 4 nitrogen and oxygen atoms in total. The second-order valence-corrected chi connectivity index (χ2v) is 13.7. The van der Waals surface area contributed by atoms with Crippen LogP contribution in [-0.4, -0.2) is 11.7 Å². The van der Waals surface area contributed by atoms with Gasteiger partial charge in [0.1, 0.15) is 23.2 Å². The van der Waals surface area contributed by atoms with Crippen molar-refractivity contribution in [3.05, 3.63) is 193 Å². The van der Waals surface area contributed by atoms with Gasteiger partial charge in [0.05, 0.1) is 0 Å². The molecular weight excluding hydrogens is 647 g/mol. The molecule has 0 saturated heterocycles. The van der Waals surface area contributed by atoms with Gasteiger partial charge in [-0.1, -0.05) is 152 Å². The Hall–Kier alpha value is -7.04. The molecule has 10 aromatic rings. The highest BCUT2D eigenvalue weighted by molar-refractivity contribution is 6.35. The SMILES string of the molecule is c1ccc(C2=NC(c3ccc(-c4ccccc4-c4ccc5oc6cccc7c8ccccc8c4c5c67)cc3)NC(c3ccc4ccccc4c3)=N2)cc1. The monoisotopic (exact) mass is 677 g/mol. The van der Waals surface area contributed by atoms with Crippen LogP contribution in [-0.2, 0) is 0 Å². The van der Waals surface area contributed by atoms with Crippen LogP contribution in [0.15, 0.2) is 190 Å². The molecular formula is C49H31N3O. The number of hydrogen-bond donors (Lipinski definition) is 1. The maximum Gasteiger partial charge on any atom is 0.159 e. The number of fused-ring (bicyclic) bond motifs is 4. The minimum atomic E-state index is -0.305. The van der Waals surface area contributed by atoms with Gasteiger partial charge in [0.15, 0.2) is 5.84 Å². The maximum atomic E-state index is 6.43. The minimum Gasteiger partial charge on any atom is -0.456 e. The summed E-state index contributed by atoms with van der Waals surface area (Å²) in [6.07, 6.45) is -0.305. The number of hydrogen-bond acceptors (Lipinski definition) is 4. The van der Waals surface area contributed by atoms with Crippen molar-refractivity contribution < 1.29 is 4.42 Å². The average molecular weight is 678 g/mol. The molecule has 11 rings (SSSR count). The van der Waals surface area contributed by atoms with E-state index in [1.165, 1.54) is 59.8 Å². The number of amidine groups is 2. The zero-order valence-electron chi connectivity index (χ0n) is 28.6. The third-order valence-electron chi connectivity index (χ3n) is 10.7. The highest BCUT2D eigenvalue weighted by atomic mass is 16.3. The molecule has 1 aliphatic heterocycles. The van der Waals surface area contributed by atoms with Gasteiger partial charge >= 0.3 is 0 Å². The first-order valence-corrected chi connectivity index (χ1v) is 18.0. The Labute approximate surface area is 305 Å².